The molecule has 27 heavy (non-hydrogen) atoms. The van der Waals surface area contributed by atoms with E-state index >= 15 is 0 Å². The van der Waals surface area contributed by atoms with Crippen LogP contribution in [0.15, 0.2) is 30.3 Å². The Morgan fingerprint density at radius 2 is 1.78 bits per heavy atom. The normalized spacial score (nSPS) is 23.3. The molecule has 2 fully saturated rings. The van der Waals surface area contributed by atoms with Crippen LogP contribution >= 0.6 is 0 Å². The highest BCUT2D eigenvalue weighted by Crippen LogP contribution is 2.24. The highest BCUT2D eigenvalue weighted by molar-refractivity contribution is 5.79. The predicted molar refractivity (Wildman–Crippen MR) is 112 cm³/mol. The molecule has 1 amide bonds. The number of nitrogens with one attached hydrogen (secondary N) is 1. The molecule has 1 aromatic rings. The molecule has 3 rings (SSSR count). The molecule has 2 heterocycles. The first-order valence-corrected chi connectivity index (χ1v) is 10.7. The van der Waals surface area contributed by atoms with Crippen LogP contribution < -0.4 is 5.32 Å². The van der Waals surface area contributed by atoms with E-state index in [1.807, 2.05) is 0 Å². The Morgan fingerprint density at radius 1 is 1.07 bits per heavy atom. The molecule has 150 valence electrons. The van der Waals surface area contributed by atoms with Crippen molar-refractivity contribution in [3.8, 4) is 0 Å². The Morgan fingerprint density at radius 3 is 2.44 bits per heavy atom. The van der Waals surface area contributed by atoms with Crippen molar-refractivity contribution < 1.29 is 4.79 Å². The van der Waals surface area contributed by atoms with Crippen molar-refractivity contribution in [3.05, 3.63) is 35.9 Å². The minimum Gasteiger partial charge on any atom is -0.351 e. The summed E-state index contributed by atoms with van der Waals surface area (Å²) >= 11 is 0. The van der Waals surface area contributed by atoms with Gasteiger partial charge in [0.1, 0.15) is 0 Å². The van der Waals surface area contributed by atoms with E-state index in [1.165, 1.54) is 31.5 Å². The van der Waals surface area contributed by atoms with Gasteiger partial charge >= 0.3 is 0 Å². The van der Waals surface area contributed by atoms with Gasteiger partial charge in [0, 0.05) is 24.7 Å². The smallest absolute Gasteiger partial charge is 0.224 e. The first-order valence-electron chi connectivity index (χ1n) is 10.7. The minimum atomic E-state index is -0.135. The molecule has 2 aliphatic heterocycles. The molecule has 1 N–H and O–H groups in total. The number of carbonyl (C=O) groups excluding carboxylic acids is 1. The largest absolute Gasteiger partial charge is 0.351 e. The van der Waals surface area contributed by atoms with Crippen LogP contribution in [0.1, 0.15) is 52.0 Å². The molecular weight excluding hydrogens is 334 g/mol. The summed E-state index contributed by atoms with van der Waals surface area (Å²) in [6, 6.07) is 11.5. The number of nitrogens with zero attached hydrogens (tertiary/aromatic N) is 2. The third-order valence-corrected chi connectivity index (χ3v) is 5.95. The Labute approximate surface area is 165 Å². The van der Waals surface area contributed by atoms with Crippen molar-refractivity contribution >= 4 is 5.91 Å². The van der Waals surface area contributed by atoms with Crippen molar-refractivity contribution in [3.63, 3.8) is 0 Å². The number of benzene rings is 1. The molecule has 1 atom stereocenters. The lowest BCUT2D eigenvalue weighted by Gasteiger charge is -2.42. The van der Waals surface area contributed by atoms with Crippen molar-refractivity contribution in [2.24, 2.45) is 5.92 Å². The van der Waals surface area contributed by atoms with Crippen molar-refractivity contribution in [2.75, 3.05) is 32.7 Å². The zero-order valence-electron chi connectivity index (χ0n) is 17.4. The first kappa shape index (κ1) is 20.3. The number of amides is 1. The maximum atomic E-state index is 12.6. The third kappa shape index (κ3) is 6.32. The summed E-state index contributed by atoms with van der Waals surface area (Å²) in [4.78, 5) is 17.8. The summed E-state index contributed by atoms with van der Waals surface area (Å²) < 4.78 is 0. The number of rotatable bonds is 5. The molecule has 0 aromatic heterocycles. The van der Waals surface area contributed by atoms with Crippen molar-refractivity contribution in [2.45, 2.75) is 64.5 Å². The zero-order valence-corrected chi connectivity index (χ0v) is 17.4. The molecule has 4 nitrogen and oxygen atoms in total. The third-order valence-electron chi connectivity index (χ3n) is 5.95. The quantitative estimate of drug-likeness (QED) is 0.862. The maximum Gasteiger partial charge on any atom is 0.224 e. The van der Waals surface area contributed by atoms with Crippen LogP contribution in [-0.4, -0.2) is 60.0 Å². The lowest BCUT2D eigenvalue weighted by Crippen LogP contribution is -2.52. The molecular formula is C23H37N3O. The van der Waals surface area contributed by atoms with Gasteiger partial charge < -0.3 is 10.2 Å². The van der Waals surface area contributed by atoms with E-state index in [2.05, 4.69) is 66.2 Å². The van der Waals surface area contributed by atoms with Gasteiger partial charge in [0.15, 0.2) is 0 Å². The molecule has 2 saturated heterocycles. The van der Waals surface area contributed by atoms with Crippen LogP contribution in [0.3, 0.4) is 0 Å². The number of hydrogen-bond donors (Lipinski definition) is 1. The summed E-state index contributed by atoms with van der Waals surface area (Å²) in [5.41, 5.74) is 1.30. The summed E-state index contributed by atoms with van der Waals surface area (Å²) in [5, 5.41) is 3.18. The standard InChI is InChI=1S/C23H37N3O/c1-23(2,3)24-22(27)20-10-7-14-26(18-20)21-12-16-25(17-13-21)15-11-19-8-5-4-6-9-19/h4-6,8-9,20-21H,7,10-18H2,1-3H3,(H,24,27). The number of piperidine rings is 2. The fourth-order valence-electron chi connectivity index (χ4n) is 4.46. The summed E-state index contributed by atoms with van der Waals surface area (Å²) in [5.74, 6) is 0.404. The molecule has 0 radical (unpaired) electrons. The fourth-order valence-corrected chi connectivity index (χ4v) is 4.46. The molecule has 0 saturated carbocycles. The second-order valence-electron chi connectivity index (χ2n) is 9.38. The van der Waals surface area contributed by atoms with Gasteiger partial charge in [-0.3, -0.25) is 9.69 Å². The highest BCUT2D eigenvalue weighted by Gasteiger charge is 2.32. The molecule has 1 aromatic carbocycles. The van der Waals surface area contributed by atoms with Gasteiger partial charge in [0.2, 0.25) is 5.91 Å². The van der Waals surface area contributed by atoms with Gasteiger partial charge in [-0.15, -0.1) is 0 Å². The van der Waals surface area contributed by atoms with E-state index in [4.69, 9.17) is 0 Å². The minimum absolute atomic E-state index is 0.135. The molecule has 0 spiro atoms. The number of carbonyl (C=O) groups is 1. The monoisotopic (exact) mass is 371 g/mol. The van der Waals surface area contributed by atoms with Crippen LogP contribution in [0.2, 0.25) is 0 Å². The van der Waals surface area contributed by atoms with Gasteiger partial charge in [-0.05, 0) is 78.1 Å². The predicted octanol–water partition coefficient (Wildman–Crippen LogP) is 3.32. The molecule has 0 bridgehead atoms. The molecule has 0 aliphatic carbocycles. The second kappa shape index (κ2) is 9.20. The van der Waals surface area contributed by atoms with E-state index in [0.717, 1.165) is 38.9 Å². The van der Waals surface area contributed by atoms with E-state index in [1.54, 1.807) is 0 Å². The first-order chi connectivity index (χ1) is 12.9. The fraction of sp³-hybridized carbons (Fsp3) is 0.696. The lowest BCUT2D eigenvalue weighted by molar-refractivity contribution is -0.128. The molecule has 1 unspecified atom stereocenters. The summed E-state index contributed by atoms with van der Waals surface area (Å²) in [7, 11) is 0. The van der Waals surface area contributed by atoms with Crippen LogP contribution in [0.4, 0.5) is 0 Å². The summed E-state index contributed by atoms with van der Waals surface area (Å²) in [6.45, 7) is 11.8. The average molecular weight is 372 g/mol. The number of likely N-dealkylation sites (tertiary alicyclic amines) is 2. The van der Waals surface area contributed by atoms with Gasteiger partial charge in [-0.25, -0.2) is 0 Å². The van der Waals surface area contributed by atoms with Crippen LogP contribution in [0.25, 0.3) is 0 Å². The second-order valence-corrected chi connectivity index (χ2v) is 9.38. The van der Waals surface area contributed by atoms with E-state index in [-0.39, 0.29) is 17.4 Å². The van der Waals surface area contributed by atoms with Gasteiger partial charge in [-0.1, -0.05) is 30.3 Å². The topological polar surface area (TPSA) is 35.6 Å². The SMILES string of the molecule is CC(C)(C)NC(=O)C1CCCN(C2CCN(CCc3ccccc3)CC2)C1. The maximum absolute atomic E-state index is 12.6. The number of hydrogen-bond acceptors (Lipinski definition) is 3. The Bertz CT molecular complexity index is 587. The van der Waals surface area contributed by atoms with Crippen LogP contribution in [-0.2, 0) is 11.2 Å². The summed E-state index contributed by atoms with van der Waals surface area (Å²) in [6.07, 6.45) is 5.81. The van der Waals surface area contributed by atoms with Crippen LogP contribution in [0.5, 0.6) is 0 Å². The van der Waals surface area contributed by atoms with Gasteiger partial charge in [-0.2, -0.15) is 0 Å². The van der Waals surface area contributed by atoms with Crippen molar-refractivity contribution in [1.29, 1.82) is 0 Å². The average Bonchev–Trinajstić information content (AvgIpc) is 2.66. The Kier molecular flexibility index (Phi) is 6.93. The van der Waals surface area contributed by atoms with Crippen LogP contribution in [0, 0.1) is 5.92 Å². The van der Waals surface area contributed by atoms with Gasteiger partial charge in [0.05, 0.1) is 5.92 Å². The van der Waals surface area contributed by atoms with E-state index in [9.17, 15) is 4.79 Å². The van der Waals surface area contributed by atoms with E-state index in [0.29, 0.717) is 6.04 Å². The Hall–Kier alpha value is -1.39. The van der Waals surface area contributed by atoms with E-state index < -0.39 is 0 Å². The molecule has 2 aliphatic rings. The lowest BCUT2D eigenvalue weighted by atomic mass is 9.92. The van der Waals surface area contributed by atoms with Gasteiger partial charge in [0.25, 0.3) is 0 Å². The highest BCUT2D eigenvalue weighted by atomic mass is 16.2. The molecule has 4 heteroatoms. The Balaban J connectivity index is 1.43. The van der Waals surface area contributed by atoms with Crippen molar-refractivity contribution in [1.82, 2.24) is 15.1 Å². The zero-order chi connectivity index (χ0) is 19.3.